The predicted octanol–water partition coefficient (Wildman–Crippen LogP) is 4.40. The molecule has 4 aliphatic rings. The molecule has 2 atom stereocenters. The Morgan fingerprint density at radius 1 is 1.18 bits per heavy atom. The van der Waals surface area contributed by atoms with Crippen molar-refractivity contribution in [1.82, 2.24) is 4.90 Å². The molecular formula is C26H31FN2O5. The number of ether oxygens (including phenoxy) is 2. The predicted molar refractivity (Wildman–Crippen MR) is 125 cm³/mol. The number of anilines is 1. The molecule has 3 saturated heterocycles. The fourth-order valence-corrected chi connectivity index (χ4v) is 5.57. The van der Waals surface area contributed by atoms with Crippen LogP contribution in [0.25, 0.3) is 0 Å². The van der Waals surface area contributed by atoms with Crippen molar-refractivity contribution in [3.63, 3.8) is 0 Å². The molecule has 5 rings (SSSR count). The molecular weight excluding hydrogens is 439 g/mol. The first-order valence-electron chi connectivity index (χ1n) is 11.9. The molecule has 3 aliphatic heterocycles. The van der Waals surface area contributed by atoms with Crippen LogP contribution in [0.5, 0.6) is 0 Å². The van der Waals surface area contributed by atoms with Gasteiger partial charge in [0.15, 0.2) is 0 Å². The summed E-state index contributed by atoms with van der Waals surface area (Å²) >= 11 is 0. The number of piperidine rings is 1. The average Bonchev–Trinajstić information content (AvgIpc) is 3.12. The van der Waals surface area contributed by atoms with E-state index in [0.29, 0.717) is 38.2 Å². The van der Waals surface area contributed by atoms with Gasteiger partial charge in [-0.1, -0.05) is 19.9 Å². The van der Waals surface area contributed by atoms with Crippen LogP contribution < -0.4 is 4.90 Å². The van der Waals surface area contributed by atoms with E-state index >= 15 is 0 Å². The monoisotopic (exact) mass is 470 g/mol. The van der Waals surface area contributed by atoms with Gasteiger partial charge in [-0.25, -0.2) is 14.0 Å². The number of likely N-dealkylation sites (tertiary alicyclic amines) is 1. The van der Waals surface area contributed by atoms with Crippen LogP contribution >= 0.6 is 0 Å². The number of benzene rings is 1. The average molecular weight is 471 g/mol. The minimum Gasteiger partial charge on any atom is -0.478 e. The minimum absolute atomic E-state index is 0.00407. The highest BCUT2D eigenvalue weighted by Gasteiger charge is 2.48. The van der Waals surface area contributed by atoms with Gasteiger partial charge in [0, 0.05) is 50.7 Å². The van der Waals surface area contributed by atoms with E-state index in [2.05, 4.69) is 24.8 Å². The zero-order valence-corrected chi connectivity index (χ0v) is 19.6. The Labute approximate surface area is 198 Å². The van der Waals surface area contributed by atoms with Crippen molar-refractivity contribution in [2.45, 2.75) is 44.8 Å². The number of rotatable bonds is 4. The smallest absolute Gasteiger partial charge is 0.415 e. The third-order valence-corrected chi connectivity index (χ3v) is 7.83. The quantitative estimate of drug-likeness (QED) is 0.703. The van der Waals surface area contributed by atoms with Gasteiger partial charge in [-0.2, -0.15) is 0 Å². The number of carbonyl (C=O) groups excluding carboxylic acids is 1. The third kappa shape index (κ3) is 4.25. The molecule has 3 fully saturated rings. The topological polar surface area (TPSA) is 79.3 Å². The second-order valence-corrected chi connectivity index (χ2v) is 10.6. The second kappa shape index (κ2) is 8.50. The molecule has 34 heavy (non-hydrogen) atoms. The van der Waals surface area contributed by atoms with E-state index in [1.165, 1.54) is 12.1 Å². The van der Waals surface area contributed by atoms with Gasteiger partial charge < -0.3 is 14.6 Å². The van der Waals surface area contributed by atoms with E-state index in [1.54, 1.807) is 23.1 Å². The number of carboxylic acids is 1. The van der Waals surface area contributed by atoms with Crippen molar-refractivity contribution >= 4 is 17.7 Å². The maximum absolute atomic E-state index is 14.8. The third-order valence-electron chi connectivity index (χ3n) is 7.83. The molecule has 0 radical (unpaired) electrons. The van der Waals surface area contributed by atoms with Gasteiger partial charge in [0.25, 0.3) is 0 Å². The lowest BCUT2D eigenvalue weighted by Crippen LogP contribution is -2.48. The molecule has 1 amide bonds. The van der Waals surface area contributed by atoms with Gasteiger partial charge in [-0.3, -0.25) is 9.80 Å². The van der Waals surface area contributed by atoms with Crippen molar-refractivity contribution in [2.75, 3.05) is 37.7 Å². The van der Waals surface area contributed by atoms with Crippen LogP contribution in [0.15, 0.2) is 47.8 Å². The Morgan fingerprint density at radius 3 is 2.56 bits per heavy atom. The largest absolute Gasteiger partial charge is 0.478 e. The second-order valence-electron chi connectivity index (χ2n) is 10.6. The van der Waals surface area contributed by atoms with E-state index < -0.39 is 23.8 Å². The molecule has 182 valence electrons. The Kier molecular flexibility index (Phi) is 5.76. The molecule has 8 heteroatoms. The van der Waals surface area contributed by atoms with E-state index in [4.69, 9.17) is 14.6 Å². The number of halogens is 1. The number of fused-ring (bicyclic) bond motifs is 1. The summed E-state index contributed by atoms with van der Waals surface area (Å²) in [5, 5.41) is 9.09. The van der Waals surface area contributed by atoms with E-state index in [-0.39, 0.29) is 22.7 Å². The summed E-state index contributed by atoms with van der Waals surface area (Å²) in [5.74, 6) is -1.15. The molecule has 3 heterocycles. The number of hydrogen-bond acceptors (Lipinski definition) is 5. The highest BCUT2D eigenvalue weighted by Crippen LogP contribution is 2.45. The Morgan fingerprint density at radius 2 is 1.88 bits per heavy atom. The molecule has 1 N–H and O–H groups in total. The van der Waals surface area contributed by atoms with Crippen molar-refractivity contribution in [3.8, 4) is 0 Å². The first kappa shape index (κ1) is 23.1. The fraction of sp³-hybridized carbons (Fsp3) is 0.538. The number of hydrogen-bond donors (Lipinski definition) is 1. The SMILES string of the molecule is CC1(C)CCOC2C(F)=CC(CN3CCC4(CC3)CN(c3ccc(C(=O)O)cc3)C(=O)O4)=CC21. The van der Waals surface area contributed by atoms with Crippen LogP contribution in [0.1, 0.15) is 43.5 Å². The van der Waals surface area contributed by atoms with Crippen LogP contribution in [-0.4, -0.2) is 66.6 Å². The van der Waals surface area contributed by atoms with Gasteiger partial charge in [0.05, 0.1) is 12.1 Å². The summed E-state index contributed by atoms with van der Waals surface area (Å²) < 4.78 is 26.4. The van der Waals surface area contributed by atoms with Gasteiger partial charge in [-0.15, -0.1) is 0 Å². The highest BCUT2D eigenvalue weighted by molar-refractivity contribution is 5.92. The van der Waals surface area contributed by atoms with E-state index in [0.717, 1.165) is 25.1 Å². The lowest BCUT2D eigenvalue weighted by Gasteiger charge is -2.44. The van der Waals surface area contributed by atoms with Crippen LogP contribution in [-0.2, 0) is 9.47 Å². The van der Waals surface area contributed by atoms with Crippen molar-refractivity contribution in [3.05, 3.63) is 53.4 Å². The molecule has 1 aliphatic carbocycles. The van der Waals surface area contributed by atoms with E-state index in [1.807, 2.05) is 0 Å². The Bertz CT molecular complexity index is 1040. The maximum Gasteiger partial charge on any atom is 0.415 e. The summed E-state index contributed by atoms with van der Waals surface area (Å²) in [7, 11) is 0. The molecule has 0 bridgehead atoms. The Balaban J connectivity index is 1.22. The Hall–Kier alpha value is -2.71. The fourth-order valence-electron chi connectivity index (χ4n) is 5.57. The molecule has 1 spiro atoms. The number of amides is 1. The van der Waals surface area contributed by atoms with Gasteiger partial charge in [-0.05, 0) is 47.8 Å². The first-order chi connectivity index (χ1) is 16.2. The molecule has 0 saturated carbocycles. The summed E-state index contributed by atoms with van der Waals surface area (Å²) in [6.45, 7) is 7.56. The highest BCUT2D eigenvalue weighted by atomic mass is 19.1. The summed E-state index contributed by atoms with van der Waals surface area (Å²) in [6, 6.07) is 6.26. The number of carbonyl (C=O) groups is 2. The van der Waals surface area contributed by atoms with Crippen LogP contribution in [0.4, 0.5) is 14.9 Å². The standard InChI is InChI=1S/C26H31FN2O5/c1-25(2)9-12-33-22-20(25)13-17(14-21(22)27)15-28-10-7-26(8-11-28)16-29(24(32)34-26)19-5-3-18(4-6-19)23(30)31/h3-6,13-14,20,22H,7-12,15-16H2,1-2H3,(H,30,31). The first-order valence-corrected chi connectivity index (χ1v) is 11.9. The molecule has 1 aromatic carbocycles. The number of aromatic carboxylic acids is 1. The van der Waals surface area contributed by atoms with Crippen molar-refractivity contribution in [1.29, 1.82) is 0 Å². The lowest BCUT2D eigenvalue weighted by molar-refractivity contribution is -0.0622. The minimum atomic E-state index is -1.00. The zero-order chi connectivity index (χ0) is 24.1. The molecule has 1 aromatic rings. The normalized spacial score (nSPS) is 28.2. The summed E-state index contributed by atoms with van der Waals surface area (Å²) in [5.41, 5.74) is 1.24. The zero-order valence-electron chi connectivity index (χ0n) is 19.6. The van der Waals surface area contributed by atoms with E-state index in [9.17, 15) is 14.0 Å². The molecule has 0 aromatic heterocycles. The van der Waals surface area contributed by atoms with Crippen molar-refractivity contribution in [2.24, 2.45) is 11.3 Å². The number of carboxylic acid groups (broad SMARTS) is 1. The summed E-state index contributed by atoms with van der Waals surface area (Å²) in [6.07, 6.45) is 5.26. The number of nitrogens with zero attached hydrogens (tertiary/aromatic N) is 2. The van der Waals surface area contributed by atoms with Gasteiger partial charge >= 0.3 is 12.1 Å². The van der Waals surface area contributed by atoms with Crippen LogP contribution in [0.3, 0.4) is 0 Å². The summed E-state index contributed by atoms with van der Waals surface area (Å²) in [4.78, 5) is 27.6. The van der Waals surface area contributed by atoms with Crippen LogP contribution in [0.2, 0.25) is 0 Å². The van der Waals surface area contributed by atoms with Crippen LogP contribution in [0, 0.1) is 11.3 Å². The van der Waals surface area contributed by atoms with Gasteiger partial charge in [0.2, 0.25) is 0 Å². The lowest BCUT2D eigenvalue weighted by atomic mass is 9.69. The van der Waals surface area contributed by atoms with Crippen molar-refractivity contribution < 1.29 is 28.6 Å². The van der Waals surface area contributed by atoms with Gasteiger partial charge in [0.1, 0.15) is 17.5 Å². The molecule has 2 unspecified atom stereocenters. The molecule has 7 nitrogen and oxygen atoms in total. The maximum atomic E-state index is 14.8.